The number of hydrogen-bond donors (Lipinski definition) is 1. The first-order valence-corrected chi connectivity index (χ1v) is 13.8. The molecule has 0 radical (unpaired) electrons. The number of ether oxygens (including phenoxy) is 1. The van der Waals surface area contributed by atoms with E-state index in [0.29, 0.717) is 0 Å². The molecule has 6 nitrogen and oxygen atoms in total. The highest BCUT2D eigenvalue weighted by Crippen LogP contribution is 2.45. The molecule has 37 heavy (non-hydrogen) atoms. The van der Waals surface area contributed by atoms with Crippen molar-refractivity contribution >= 4 is 12.4 Å². The summed E-state index contributed by atoms with van der Waals surface area (Å²) in [6, 6.07) is 14.3. The van der Waals surface area contributed by atoms with Gasteiger partial charge in [-0.15, -0.1) is 0 Å². The van der Waals surface area contributed by atoms with Gasteiger partial charge in [0.25, 0.3) is 0 Å². The molecule has 1 heterocycles. The van der Waals surface area contributed by atoms with Gasteiger partial charge in [-0.05, 0) is 73.5 Å². The molecule has 1 saturated heterocycles. The Bertz CT molecular complexity index is 999. The molecule has 1 N–H and O–H groups in total. The molecule has 0 aromatic heterocycles. The van der Waals surface area contributed by atoms with Gasteiger partial charge in [-0.25, -0.2) is 0 Å². The lowest BCUT2D eigenvalue weighted by Crippen LogP contribution is -2.26. The van der Waals surface area contributed by atoms with E-state index >= 15 is 0 Å². The average Bonchev–Trinajstić information content (AvgIpc) is 3.53. The Kier molecular flexibility index (Phi) is 11.0. The molecule has 0 saturated carbocycles. The summed E-state index contributed by atoms with van der Waals surface area (Å²) in [5, 5.41) is 10.0. The van der Waals surface area contributed by atoms with Crippen LogP contribution in [-0.4, -0.2) is 61.1 Å². The van der Waals surface area contributed by atoms with Crippen LogP contribution >= 0.6 is 0 Å². The number of carbonyl (C=O) groups excluding carboxylic acids is 1. The molecule has 1 amide bonds. The van der Waals surface area contributed by atoms with Gasteiger partial charge < -0.3 is 14.7 Å². The van der Waals surface area contributed by atoms with Crippen molar-refractivity contribution < 1.29 is 19.4 Å². The number of methoxy groups -OCH3 is 1. The summed E-state index contributed by atoms with van der Waals surface area (Å²) in [5.41, 5.74) is 5.03. The van der Waals surface area contributed by atoms with Gasteiger partial charge in [-0.3, -0.25) is 14.5 Å². The van der Waals surface area contributed by atoms with Crippen molar-refractivity contribution in [2.75, 3.05) is 33.8 Å². The number of likely N-dealkylation sites (tertiary alicyclic amines) is 1. The maximum atomic E-state index is 12.2. The minimum absolute atomic E-state index is 0.00972. The molecular formula is C31H44N2O4. The van der Waals surface area contributed by atoms with Crippen LogP contribution in [0.3, 0.4) is 0 Å². The predicted molar refractivity (Wildman–Crippen MR) is 148 cm³/mol. The van der Waals surface area contributed by atoms with Crippen molar-refractivity contribution in [2.24, 2.45) is 5.92 Å². The number of amides is 1. The number of hydrogen-bond acceptors (Lipinski definition) is 4. The van der Waals surface area contributed by atoms with Crippen LogP contribution in [-0.2, 0) is 22.4 Å². The Morgan fingerprint density at radius 3 is 2.22 bits per heavy atom. The second-order valence-electron chi connectivity index (χ2n) is 10.4. The Hall–Kier alpha value is -2.86. The molecule has 6 heteroatoms. The summed E-state index contributed by atoms with van der Waals surface area (Å²) < 4.78 is 5.24. The number of aliphatic carboxylic acids is 1. The highest BCUT2D eigenvalue weighted by molar-refractivity contribution is 5.73. The number of likely N-dealkylation sites (N-methyl/N-ethyl adjacent to an activating group) is 1. The normalized spacial score (nSPS) is 20.6. The molecular weight excluding hydrogens is 464 g/mol. The van der Waals surface area contributed by atoms with E-state index in [2.05, 4.69) is 36.9 Å². The second kappa shape index (κ2) is 14.2. The molecule has 2 aliphatic rings. The number of carboxylic acid groups (broad SMARTS) is 1. The Balaban J connectivity index is 0.000000295. The molecule has 1 fully saturated rings. The van der Waals surface area contributed by atoms with Crippen molar-refractivity contribution in [1.29, 1.82) is 0 Å². The predicted octanol–water partition coefficient (Wildman–Crippen LogP) is 5.70. The number of fused-ring (bicyclic) bond motifs is 1. The van der Waals surface area contributed by atoms with E-state index in [1.165, 1.54) is 23.1 Å². The maximum Gasteiger partial charge on any atom is 0.309 e. The zero-order chi connectivity index (χ0) is 26.8. The third kappa shape index (κ3) is 7.35. The van der Waals surface area contributed by atoms with E-state index in [1.54, 1.807) is 7.11 Å². The minimum atomic E-state index is -0.722. The average molecular weight is 509 g/mol. The quantitative estimate of drug-likeness (QED) is 0.394. The smallest absolute Gasteiger partial charge is 0.309 e. The zero-order valence-corrected chi connectivity index (χ0v) is 23.0. The molecule has 2 aromatic rings. The molecule has 4 rings (SSSR count). The van der Waals surface area contributed by atoms with Crippen LogP contribution in [0.5, 0.6) is 5.75 Å². The number of nitrogens with zero attached hydrogens (tertiary/aromatic N) is 2. The lowest BCUT2D eigenvalue weighted by Gasteiger charge is -2.24. The molecule has 1 aliphatic heterocycles. The number of carboxylic acids is 1. The van der Waals surface area contributed by atoms with Crippen LogP contribution < -0.4 is 4.74 Å². The third-order valence-electron chi connectivity index (χ3n) is 7.77. The summed E-state index contributed by atoms with van der Waals surface area (Å²) in [4.78, 5) is 26.7. The van der Waals surface area contributed by atoms with Gasteiger partial charge in [0, 0.05) is 31.6 Å². The summed E-state index contributed by atoms with van der Waals surface area (Å²) in [6.45, 7) is 6.90. The van der Waals surface area contributed by atoms with E-state index in [1.807, 2.05) is 36.2 Å². The number of carbonyl (C=O) groups is 2. The standard InChI is InChI=1S/C22H25NO3.C9H19NO/c1-23-13-19(17-7-6-14-4-3-5-16(14)12-17)20(22(24)25)21(23)15-8-10-18(26-2)11-9-15;1-3-5-7-10(9-11)8-6-4-2/h6-12,19-21H,3-5,13H2,1-2H3,(H,24,25);9H,3-8H2,1-2H3. The van der Waals surface area contributed by atoms with Crippen molar-refractivity contribution in [2.45, 2.75) is 70.8 Å². The van der Waals surface area contributed by atoms with E-state index in [0.717, 1.165) is 75.9 Å². The van der Waals surface area contributed by atoms with Crippen LogP contribution in [0.4, 0.5) is 0 Å². The van der Waals surface area contributed by atoms with Crippen molar-refractivity contribution in [3.05, 3.63) is 64.7 Å². The molecule has 0 spiro atoms. The second-order valence-corrected chi connectivity index (χ2v) is 10.4. The number of benzene rings is 2. The first kappa shape index (κ1) is 28.7. The lowest BCUT2D eigenvalue weighted by molar-refractivity contribution is -0.143. The molecule has 202 valence electrons. The van der Waals surface area contributed by atoms with Crippen LogP contribution in [0, 0.1) is 5.92 Å². The van der Waals surface area contributed by atoms with Gasteiger partial charge in [-0.2, -0.15) is 0 Å². The van der Waals surface area contributed by atoms with E-state index in [-0.39, 0.29) is 12.0 Å². The summed E-state index contributed by atoms with van der Waals surface area (Å²) in [7, 11) is 3.67. The highest BCUT2D eigenvalue weighted by Gasteiger charge is 2.46. The van der Waals surface area contributed by atoms with Gasteiger partial charge in [0.2, 0.25) is 6.41 Å². The topological polar surface area (TPSA) is 70.1 Å². The fraction of sp³-hybridized carbons (Fsp3) is 0.548. The van der Waals surface area contributed by atoms with Gasteiger partial charge >= 0.3 is 5.97 Å². The molecule has 0 bridgehead atoms. The van der Waals surface area contributed by atoms with Crippen LogP contribution in [0.25, 0.3) is 0 Å². The lowest BCUT2D eigenvalue weighted by atomic mass is 9.82. The van der Waals surface area contributed by atoms with Crippen molar-refractivity contribution in [1.82, 2.24) is 9.80 Å². The van der Waals surface area contributed by atoms with Crippen LogP contribution in [0.2, 0.25) is 0 Å². The van der Waals surface area contributed by atoms with Gasteiger partial charge in [0.05, 0.1) is 13.0 Å². The fourth-order valence-corrected chi connectivity index (χ4v) is 5.68. The van der Waals surface area contributed by atoms with Gasteiger partial charge in [-0.1, -0.05) is 57.0 Å². The van der Waals surface area contributed by atoms with Crippen molar-refractivity contribution in [3.8, 4) is 5.75 Å². The van der Waals surface area contributed by atoms with Crippen LogP contribution in [0.1, 0.15) is 80.2 Å². The highest BCUT2D eigenvalue weighted by atomic mass is 16.5. The number of aryl methyl sites for hydroxylation is 2. The van der Waals surface area contributed by atoms with Gasteiger partial charge in [0.15, 0.2) is 0 Å². The first-order chi connectivity index (χ1) is 17.9. The molecule has 3 atom stereocenters. The number of unbranched alkanes of at least 4 members (excludes halogenated alkanes) is 2. The third-order valence-corrected chi connectivity index (χ3v) is 7.77. The molecule has 1 aliphatic carbocycles. The summed E-state index contributed by atoms with van der Waals surface area (Å²) in [6.07, 6.45) is 9.02. The SMILES string of the molecule is CCCCN(C=O)CCCC.COc1ccc(C2C(C(=O)O)C(c3ccc4c(c3)CCC4)CN2C)cc1. The maximum absolute atomic E-state index is 12.2. The van der Waals surface area contributed by atoms with E-state index in [4.69, 9.17) is 4.74 Å². The zero-order valence-electron chi connectivity index (χ0n) is 23.0. The Morgan fingerprint density at radius 2 is 1.65 bits per heavy atom. The first-order valence-electron chi connectivity index (χ1n) is 13.8. The van der Waals surface area contributed by atoms with E-state index < -0.39 is 11.9 Å². The Morgan fingerprint density at radius 1 is 1.03 bits per heavy atom. The Labute approximate surface area is 222 Å². The van der Waals surface area contributed by atoms with E-state index in [9.17, 15) is 14.7 Å². The molecule has 2 aromatic carbocycles. The monoisotopic (exact) mass is 508 g/mol. The molecule has 3 unspecified atom stereocenters. The number of rotatable bonds is 11. The van der Waals surface area contributed by atoms with Crippen LogP contribution in [0.15, 0.2) is 42.5 Å². The fourth-order valence-electron chi connectivity index (χ4n) is 5.68. The largest absolute Gasteiger partial charge is 0.497 e. The van der Waals surface area contributed by atoms with Crippen molar-refractivity contribution in [3.63, 3.8) is 0 Å². The van der Waals surface area contributed by atoms with Gasteiger partial charge in [0.1, 0.15) is 5.75 Å². The summed E-state index contributed by atoms with van der Waals surface area (Å²) in [5.74, 6) is -0.375. The summed E-state index contributed by atoms with van der Waals surface area (Å²) >= 11 is 0. The minimum Gasteiger partial charge on any atom is -0.497 e.